The molecule has 2 heterocycles. The van der Waals surface area contributed by atoms with Crippen LogP contribution < -0.4 is 10.5 Å². The lowest BCUT2D eigenvalue weighted by Gasteiger charge is -2.48. The van der Waals surface area contributed by atoms with E-state index in [1.807, 2.05) is 12.1 Å². The Hall–Kier alpha value is -1.96. The Labute approximate surface area is 160 Å². The summed E-state index contributed by atoms with van der Waals surface area (Å²) in [6.07, 6.45) is 3.50. The molecule has 2 N–H and O–H groups in total. The second-order valence-electron chi connectivity index (χ2n) is 5.79. The largest absolute Gasteiger partial charge is 0.497 e. The van der Waals surface area contributed by atoms with E-state index in [9.17, 15) is 9.59 Å². The van der Waals surface area contributed by atoms with Gasteiger partial charge >= 0.3 is 5.97 Å². The summed E-state index contributed by atoms with van der Waals surface area (Å²) in [7, 11) is 1.59. The van der Waals surface area contributed by atoms with E-state index in [0.29, 0.717) is 17.2 Å². The lowest BCUT2D eigenvalue weighted by atomic mass is 10.0. The maximum atomic E-state index is 12.7. The monoisotopic (exact) mass is 394 g/mol. The minimum absolute atomic E-state index is 0.102. The third-order valence-electron chi connectivity index (χ3n) is 4.17. The molecule has 3 rings (SSSR count). The number of hydrogen-bond donors (Lipinski definition) is 1. The molecular formula is C18H19ClN2O4S. The van der Waals surface area contributed by atoms with E-state index in [4.69, 9.17) is 26.8 Å². The Bertz CT molecular complexity index is 763. The Morgan fingerprint density at radius 1 is 1.42 bits per heavy atom. The van der Waals surface area contributed by atoms with Crippen molar-refractivity contribution in [2.24, 2.45) is 5.73 Å². The highest BCUT2D eigenvalue weighted by molar-refractivity contribution is 8.00. The second kappa shape index (κ2) is 8.16. The number of ether oxygens (including phenoxy) is 2. The highest BCUT2D eigenvalue weighted by Crippen LogP contribution is 2.40. The van der Waals surface area contributed by atoms with Gasteiger partial charge in [0.1, 0.15) is 29.5 Å². The Morgan fingerprint density at radius 3 is 2.81 bits per heavy atom. The molecule has 1 saturated heterocycles. The normalized spacial score (nSPS) is 22.3. The summed E-state index contributed by atoms with van der Waals surface area (Å²) >= 11 is 7.23. The average molecular weight is 395 g/mol. The van der Waals surface area contributed by atoms with Gasteiger partial charge in [-0.1, -0.05) is 24.3 Å². The number of benzene rings is 1. The molecule has 26 heavy (non-hydrogen) atoms. The van der Waals surface area contributed by atoms with Gasteiger partial charge in [-0.3, -0.25) is 9.69 Å². The third kappa shape index (κ3) is 3.60. The van der Waals surface area contributed by atoms with Crippen molar-refractivity contribution >= 4 is 35.2 Å². The molecule has 0 aromatic heterocycles. The molecule has 2 unspecified atom stereocenters. The van der Waals surface area contributed by atoms with Crippen LogP contribution in [0.25, 0.3) is 0 Å². The van der Waals surface area contributed by atoms with Crippen LogP contribution in [0.4, 0.5) is 0 Å². The average Bonchev–Trinajstić information content (AvgIpc) is 2.69. The first-order valence-electron chi connectivity index (χ1n) is 8.02. The lowest BCUT2D eigenvalue weighted by molar-refractivity contribution is -0.151. The Balaban J connectivity index is 1.77. The molecule has 1 aromatic carbocycles. The van der Waals surface area contributed by atoms with Crippen LogP contribution in [0.2, 0.25) is 0 Å². The number of amides is 1. The van der Waals surface area contributed by atoms with Crippen molar-refractivity contribution in [1.29, 1.82) is 0 Å². The molecule has 0 saturated carbocycles. The minimum atomic E-state index is -0.581. The van der Waals surface area contributed by atoms with Gasteiger partial charge in [-0.2, -0.15) is 0 Å². The fraction of sp³-hybridized carbons (Fsp3) is 0.333. The second-order valence-corrected chi connectivity index (χ2v) is 7.20. The number of nitrogens with zero attached hydrogens (tertiary/aromatic N) is 1. The van der Waals surface area contributed by atoms with Crippen molar-refractivity contribution < 1.29 is 19.1 Å². The number of carbonyl (C=O) groups excluding carboxylic acids is 2. The summed E-state index contributed by atoms with van der Waals surface area (Å²) in [5, 5.41) is -0.223. The molecule has 1 fully saturated rings. The van der Waals surface area contributed by atoms with Crippen LogP contribution in [0.1, 0.15) is 5.56 Å². The number of esters is 1. The van der Waals surface area contributed by atoms with Crippen LogP contribution in [0.15, 0.2) is 47.7 Å². The predicted molar refractivity (Wildman–Crippen MR) is 101 cm³/mol. The van der Waals surface area contributed by atoms with E-state index in [-0.39, 0.29) is 23.6 Å². The fourth-order valence-electron chi connectivity index (χ4n) is 2.78. The molecule has 2 aliphatic rings. The highest BCUT2D eigenvalue weighted by Gasteiger charge is 2.51. The topological polar surface area (TPSA) is 81.9 Å². The van der Waals surface area contributed by atoms with Crippen molar-refractivity contribution in [1.82, 2.24) is 4.90 Å². The molecule has 1 amide bonds. The van der Waals surface area contributed by atoms with Crippen LogP contribution in [-0.4, -0.2) is 46.9 Å². The number of carbonyl (C=O) groups is 2. The predicted octanol–water partition coefficient (Wildman–Crippen LogP) is 2.03. The third-order valence-corrected chi connectivity index (χ3v) is 5.67. The number of hydrogen-bond acceptors (Lipinski definition) is 6. The molecule has 2 aliphatic heterocycles. The first-order valence-corrected chi connectivity index (χ1v) is 9.61. The van der Waals surface area contributed by atoms with Gasteiger partial charge in [0.15, 0.2) is 0 Å². The highest BCUT2D eigenvalue weighted by atomic mass is 35.5. The number of halogens is 1. The molecule has 0 bridgehead atoms. The Morgan fingerprint density at radius 2 is 2.15 bits per heavy atom. The van der Waals surface area contributed by atoms with Crippen molar-refractivity contribution in [2.45, 2.75) is 18.0 Å². The molecule has 8 heteroatoms. The quantitative estimate of drug-likeness (QED) is 0.451. The molecule has 6 nitrogen and oxygen atoms in total. The molecule has 0 spiro atoms. The van der Waals surface area contributed by atoms with Gasteiger partial charge in [-0.25, -0.2) is 4.79 Å². The van der Waals surface area contributed by atoms with Crippen molar-refractivity contribution in [3.8, 4) is 5.75 Å². The zero-order valence-corrected chi connectivity index (χ0v) is 15.8. The van der Waals surface area contributed by atoms with E-state index in [2.05, 4.69) is 0 Å². The van der Waals surface area contributed by atoms with Gasteiger partial charge in [0.05, 0.1) is 7.11 Å². The summed E-state index contributed by atoms with van der Waals surface area (Å²) in [6.45, 7) is 0.102. The molecule has 138 valence electrons. The van der Waals surface area contributed by atoms with E-state index in [1.54, 1.807) is 31.4 Å². The van der Waals surface area contributed by atoms with E-state index in [0.717, 1.165) is 11.3 Å². The van der Waals surface area contributed by atoms with Crippen molar-refractivity contribution in [3.63, 3.8) is 0 Å². The standard InChI is InChI=1S/C18H19ClN2O4S/c1-24-13-6-4-11(5-7-13)9-25-18(23)15-12(3-2-8-19)10-26-17-14(20)16(22)21(15)17/h2-7,14,17H,8-10,20H2,1H3. The number of alkyl halides is 1. The van der Waals surface area contributed by atoms with Crippen LogP contribution in [0.3, 0.4) is 0 Å². The zero-order valence-electron chi connectivity index (χ0n) is 14.2. The van der Waals surface area contributed by atoms with Gasteiger partial charge < -0.3 is 15.2 Å². The van der Waals surface area contributed by atoms with E-state index < -0.39 is 12.0 Å². The maximum absolute atomic E-state index is 12.7. The molecule has 1 aromatic rings. The number of allylic oxidation sites excluding steroid dienone is 2. The van der Waals surface area contributed by atoms with Crippen LogP contribution in [0, 0.1) is 0 Å². The number of fused-ring (bicyclic) bond motifs is 1. The number of methoxy groups -OCH3 is 1. The van der Waals surface area contributed by atoms with Gasteiger partial charge in [0.2, 0.25) is 5.91 Å². The number of rotatable bonds is 6. The van der Waals surface area contributed by atoms with E-state index >= 15 is 0 Å². The lowest BCUT2D eigenvalue weighted by Crippen LogP contribution is -2.68. The summed E-state index contributed by atoms with van der Waals surface area (Å²) < 4.78 is 10.5. The molecule has 2 atom stereocenters. The first kappa shape index (κ1) is 18.8. The van der Waals surface area contributed by atoms with Crippen molar-refractivity contribution in [3.05, 3.63) is 53.3 Å². The van der Waals surface area contributed by atoms with Crippen LogP contribution in [-0.2, 0) is 20.9 Å². The van der Waals surface area contributed by atoms with Crippen LogP contribution in [0.5, 0.6) is 5.75 Å². The fourth-order valence-corrected chi connectivity index (χ4v) is 4.14. The van der Waals surface area contributed by atoms with Gasteiger partial charge in [0.25, 0.3) is 0 Å². The summed E-state index contributed by atoms with van der Waals surface area (Å²) in [6, 6.07) is 6.64. The summed E-state index contributed by atoms with van der Waals surface area (Å²) in [5.41, 5.74) is 7.64. The zero-order chi connectivity index (χ0) is 18.7. The Kier molecular flexibility index (Phi) is 5.90. The number of nitrogens with two attached hydrogens (primary N) is 1. The minimum Gasteiger partial charge on any atom is -0.497 e. The van der Waals surface area contributed by atoms with E-state index in [1.165, 1.54) is 16.7 Å². The number of thioether (sulfide) groups is 1. The smallest absolute Gasteiger partial charge is 0.355 e. The summed E-state index contributed by atoms with van der Waals surface area (Å²) in [4.78, 5) is 26.3. The molecular weight excluding hydrogens is 376 g/mol. The maximum Gasteiger partial charge on any atom is 0.355 e. The summed E-state index contributed by atoms with van der Waals surface area (Å²) in [5.74, 6) is 0.807. The first-order chi connectivity index (χ1) is 12.6. The van der Waals surface area contributed by atoms with Crippen molar-refractivity contribution in [2.75, 3.05) is 18.7 Å². The van der Waals surface area contributed by atoms with Crippen LogP contribution >= 0.6 is 23.4 Å². The van der Waals surface area contributed by atoms with Gasteiger partial charge in [-0.05, 0) is 23.3 Å². The van der Waals surface area contributed by atoms with Gasteiger partial charge in [0, 0.05) is 11.6 Å². The molecule has 0 radical (unpaired) electrons. The number of β-lactam (4-membered cyclic amide) rings is 1. The van der Waals surface area contributed by atoms with Gasteiger partial charge in [-0.15, -0.1) is 23.4 Å². The SMILES string of the molecule is COc1ccc(COC(=O)C2=C(C=CCCl)CSC3C(N)C(=O)N23)cc1. The molecule has 0 aliphatic carbocycles.